The number of rotatable bonds is 7. The summed E-state index contributed by atoms with van der Waals surface area (Å²) in [6, 6.07) is 10.1. The summed E-state index contributed by atoms with van der Waals surface area (Å²) in [7, 11) is 0. The van der Waals surface area contributed by atoms with Gasteiger partial charge >= 0.3 is 6.36 Å². The smallest absolute Gasteiger partial charge is 0.350 e. The van der Waals surface area contributed by atoms with E-state index < -0.39 is 18.9 Å². The molecule has 4 rings (SSSR count). The summed E-state index contributed by atoms with van der Waals surface area (Å²) in [6.45, 7) is 2.70. The molecule has 0 aliphatic carbocycles. The van der Waals surface area contributed by atoms with Crippen LogP contribution in [0.25, 0.3) is 10.9 Å². The number of aromatic nitrogens is 2. The molecule has 2 aromatic carbocycles. The van der Waals surface area contributed by atoms with Gasteiger partial charge in [-0.25, -0.2) is 0 Å². The van der Waals surface area contributed by atoms with E-state index in [4.69, 9.17) is 11.6 Å². The fraction of sp³-hybridized carbons (Fsp3) is 0.348. The van der Waals surface area contributed by atoms with Crippen molar-refractivity contribution in [2.24, 2.45) is 5.92 Å². The summed E-state index contributed by atoms with van der Waals surface area (Å²) in [5.41, 5.74) is 2.36. The third kappa shape index (κ3) is 5.51. The molecule has 1 N–H and O–H groups in total. The van der Waals surface area contributed by atoms with Crippen molar-refractivity contribution >= 4 is 34.3 Å². The number of nitrogens with one attached hydrogen (secondary N) is 1. The second-order valence-corrected chi connectivity index (χ2v) is 8.59. The van der Waals surface area contributed by atoms with Gasteiger partial charge in [0.1, 0.15) is 0 Å². The van der Waals surface area contributed by atoms with Crippen molar-refractivity contribution in [1.82, 2.24) is 20.0 Å². The van der Waals surface area contributed by atoms with E-state index in [1.165, 1.54) is 0 Å². The quantitative estimate of drug-likeness (QED) is 0.503. The lowest BCUT2D eigenvalue weighted by Gasteiger charge is -2.39. The number of likely N-dealkylation sites (tertiary alicyclic amines) is 1. The van der Waals surface area contributed by atoms with Crippen LogP contribution in [0, 0.1) is 12.8 Å². The number of aryl methyl sites for hydroxylation is 1. The first kappa shape index (κ1) is 24.0. The zero-order valence-corrected chi connectivity index (χ0v) is 19.0. The average molecular weight is 495 g/mol. The fourth-order valence-electron chi connectivity index (χ4n) is 3.94. The van der Waals surface area contributed by atoms with Gasteiger partial charge in [-0.3, -0.25) is 19.0 Å². The van der Waals surface area contributed by atoms with Crippen molar-refractivity contribution in [2.45, 2.75) is 19.8 Å². The minimum atomic E-state index is -4.73. The fourth-order valence-corrected chi connectivity index (χ4v) is 4.06. The van der Waals surface area contributed by atoms with Gasteiger partial charge in [0.05, 0.1) is 12.1 Å². The van der Waals surface area contributed by atoms with Gasteiger partial charge in [0.2, 0.25) is 0 Å². The van der Waals surface area contributed by atoms with E-state index in [0.717, 1.165) is 5.39 Å². The number of carbonyl (C=O) groups excluding carboxylic acids is 2. The molecule has 2 heterocycles. The minimum Gasteiger partial charge on any atom is -0.350 e. The van der Waals surface area contributed by atoms with Gasteiger partial charge in [0.25, 0.3) is 11.8 Å². The first-order valence-electron chi connectivity index (χ1n) is 10.6. The maximum atomic E-state index is 12.5. The average Bonchev–Trinajstić information content (AvgIpc) is 3.17. The maximum absolute atomic E-state index is 12.5. The number of amides is 2. The summed E-state index contributed by atoms with van der Waals surface area (Å²) in [5, 5.41) is 8.35. The molecule has 0 spiro atoms. The lowest BCUT2D eigenvalue weighted by atomic mass is 9.99. The highest BCUT2D eigenvalue weighted by atomic mass is 35.5. The number of nitrogens with zero attached hydrogens (tertiary/aromatic N) is 3. The largest absolute Gasteiger partial charge is 0.522 e. The molecule has 1 aliphatic heterocycles. The number of halogens is 4. The molecule has 2 amide bonds. The number of hydrogen-bond acceptors (Lipinski definition) is 4. The molecule has 1 fully saturated rings. The maximum Gasteiger partial charge on any atom is 0.522 e. The van der Waals surface area contributed by atoms with Crippen molar-refractivity contribution in [1.29, 1.82) is 0 Å². The van der Waals surface area contributed by atoms with E-state index in [-0.39, 0.29) is 18.4 Å². The first-order chi connectivity index (χ1) is 16.1. The SMILES string of the molecule is Cc1c(C(=O)NCCOC(F)(F)F)ccc2nn(CC3CN(C(=O)c4ccc(Cl)cc4)C3)cc12. The highest BCUT2D eigenvalue weighted by molar-refractivity contribution is 6.30. The molecular weight excluding hydrogens is 473 g/mol. The van der Waals surface area contributed by atoms with E-state index in [1.807, 2.05) is 6.20 Å². The monoisotopic (exact) mass is 494 g/mol. The lowest BCUT2D eigenvalue weighted by molar-refractivity contribution is -0.323. The number of alkyl halides is 3. The summed E-state index contributed by atoms with van der Waals surface area (Å²) in [5.74, 6) is -0.263. The van der Waals surface area contributed by atoms with Crippen LogP contribution in [0.3, 0.4) is 0 Å². The molecule has 180 valence electrons. The van der Waals surface area contributed by atoms with Crippen molar-refractivity contribution < 1.29 is 27.5 Å². The van der Waals surface area contributed by atoms with Gasteiger partial charge in [-0.2, -0.15) is 5.10 Å². The van der Waals surface area contributed by atoms with Crippen molar-refractivity contribution in [3.63, 3.8) is 0 Å². The van der Waals surface area contributed by atoms with Gasteiger partial charge in [-0.05, 0) is 48.9 Å². The van der Waals surface area contributed by atoms with E-state index in [1.54, 1.807) is 52.9 Å². The number of carbonyl (C=O) groups is 2. The standard InChI is InChI=1S/C23H22ClF3N4O3/c1-14-18(21(32)28-8-9-34-23(25,26)27)6-7-20-19(14)13-31(29-20)12-15-10-30(11-15)22(33)16-2-4-17(24)5-3-16/h2-7,13,15H,8-12H2,1H3,(H,28,32). The van der Waals surface area contributed by atoms with E-state index in [9.17, 15) is 22.8 Å². The molecule has 1 aliphatic rings. The molecule has 34 heavy (non-hydrogen) atoms. The molecule has 0 unspecified atom stereocenters. The Hall–Kier alpha value is -3.11. The Morgan fingerprint density at radius 3 is 2.56 bits per heavy atom. The molecule has 11 heteroatoms. The normalized spacial score (nSPS) is 14.3. The zero-order valence-electron chi connectivity index (χ0n) is 18.2. The van der Waals surface area contributed by atoms with Crippen LogP contribution in [0.2, 0.25) is 5.02 Å². The predicted molar refractivity (Wildman–Crippen MR) is 120 cm³/mol. The highest BCUT2D eigenvalue weighted by Crippen LogP contribution is 2.25. The third-order valence-electron chi connectivity index (χ3n) is 5.68. The van der Waals surface area contributed by atoms with Crippen LogP contribution in [0.4, 0.5) is 13.2 Å². The Kier molecular flexibility index (Phi) is 6.81. The molecular formula is C23H22ClF3N4O3. The summed E-state index contributed by atoms with van der Waals surface area (Å²) < 4.78 is 41.6. The number of hydrogen-bond donors (Lipinski definition) is 1. The van der Waals surface area contributed by atoms with Gasteiger partial charge in [0.15, 0.2) is 0 Å². The molecule has 0 radical (unpaired) electrons. The molecule has 0 saturated carbocycles. The predicted octanol–water partition coefficient (Wildman–Crippen LogP) is 4.04. The van der Waals surface area contributed by atoms with Crippen LogP contribution in [0.1, 0.15) is 26.3 Å². The molecule has 1 aromatic heterocycles. The Bertz CT molecular complexity index is 1200. The van der Waals surface area contributed by atoms with Crippen LogP contribution in [0.5, 0.6) is 0 Å². The molecule has 0 atom stereocenters. The summed E-state index contributed by atoms with van der Waals surface area (Å²) >= 11 is 5.87. The lowest BCUT2D eigenvalue weighted by Crippen LogP contribution is -2.51. The van der Waals surface area contributed by atoms with Gasteiger partial charge in [-0.15, -0.1) is 13.2 Å². The molecule has 0 bridgehead atoms. The Morgan fingerprint density at radius 2 is 1.88 bits per heavy atom. The number of benzene rings is 2. The van der Waals surface area contributed by atoms with E-state index >= 15 is 0 Å². The van der Waals surface area contributed by atoms with E-state index in [2.05, 4.69) is 15.2 Å². The summed E-state index contributed by atoms with van der Waals surface area (Å²) in [6.07, 6.45) is -2.88. The molecule has 3 aromatic rings. The second kappa shape index (κ2) is 9.63. The van der Waals surface area contributed by atoms with Gasteiger partial charge in [-0.1, -0.05) is 11.6 Å². The molecule has 7 nitrogen and oxygen atoms in total. The second-order valence-electron chi connectivity index (χ2n) is 8.16. The third-order valence-corrected chi connectivity index (χ3v) is 5.94. The van der Waals surface area contributed by atoms with Crippen LogP contribution in [-0.4, -0.2) is 59.1 Å². The van der Waals surface area contributed by atoms with E-state index in [0.29, 0.717) is 46.9 Å². The number of fused-ring (bicyclic) bond motifs is 1. The summed E-state index contributed by atoms with van der Waals surface area (Å²) in [4.78, 5) is 26.7. The van der Waals surface area contributed by atoms with Crippen molar-refractivity contribution in [2.75, 3.05) is 26.2 Å². The van der Waals surface area contributed by atoms with Gasteiger partial charge < -0.3 is 10.2 Å². The van der Waals surface area contributed by atoms with Crippen LogP contribution in [0.15, 0.2) is 42.6 Å². The Balaban J connectivity index is 1.34. The Morgan fingerprint density at radius 1 is 1.18 bits per heavy atom. The van der Waals surface area contributed by atoms with Gasteiger partial charge in [0, 0.05) is 59.8 Å². The Labute approximate surface area is 198 Å². The topological polar surface area (TPSA) is 76.5 Å². The first-order valence-corrected chi connectivity index (χ1v) is 11.0. The molecule has 1 saturated heterocycles. The van der Waals surface area contributed by atoms with Crippen molar-refractivity contribution in [3.05, 3.63) is 64.3 Å². The van der Waals surface area contributed by atoms with Crippen LogP contribution >= 0.6 is 11.6 Å². The highest BCUT2D eigenvalue weighted by Gasteiger charge is 2.32. The van der Waals surface area contributed by atoms with Crippen LogP contribution in [-0.2, 0) is 11.3 Å². The number of ether oxygens (including phenoxy) is 1. The van der Waals surface area contributed by atoms with Crippen molar-refractivity contribution in [3.8, 4) is 0 Å². The van der Waals surface area contributed by atoms with Crippen LogP contribution < -0.4 is 5.32 Å². The zero-order chi connectivity index (χ0) is 24.5. The minimum absolute atomic E-state index is 0.0364.